The van der Waals surface area contributed by atoms with E-state index in [0.717, 1.165) is 22.6 Å². The van der Waals surface area contributed by atoms with Gasteiger partial charge in [-0.3, -0.25) is 14.2 Å². The molecule has 2 heterocycles. The molecular weight excluding hydrogens is 462 g/mol. The van der Waals surface area contributed by atoms with Crippen LogP contribution in [0.15, 0.2) is 95.4 Å². The molecule has 1 N–H and O–H groups in total. The van der Waals surface area contributed by atoms with Gasteiger partial charge in [0.15, 0.2) is 0 Å². The van der Waals surface area contributed by atoms with Gasteiger partial charge in [0, 0.05) is 16.6 Å². The third kappa shape index (κ3) is 4.92. The van der Waals surface area contributed by atoms with E-state index < -0.39 is 0 Å². The third-order valence-corrected chi connectivity index (χ3v) is 6.34. The number of nitrogens with one attached hydrogen (secondary N) is 1. The number of thiophene rings is 1. The lowest BCUT2D eigenvalue weighted by Gasteiger charge is -2.09. The fourth-order valence-corrected chi connectivity index (χ4v) is 4.59. The first-order valence-electron chi connectivity index (χ1n) is 10.8. The molecule has 0 aliphatic carbocycles. The largest absolute Gasteiger partial charge is 0.497 e. The van der Waals surface area contributed by atoms with Crippen LogP contribution in [0.4, 0.5) is 5.69 Å². The molecule has 0 aliphatic rings. The summed E-state index contributed by atoms with van der Waals surface area (Å²) in [6, 6.07) is 24.1. The quantitative estimate of drug-likeness (QED) is 0.328. The maximum Gasteiger partial charge on any atom is 0.271 e. The van der Waals surface area contributed by atoms with E-state index in [1.165, 1.54) is 22.2 Å². The monoisotopic (exact) mass is 483 g/mol. The number of carbonyl (C=O) groups excluding carboxylic acids is 1. The van der Waals surface area contributed by atoms with Crippen LogP contribution in [0, 0.1) is 0 Å². The summed E-state index contributed by atoms with van der Waals surface area (Å²) in [5.41, 5.74) is 2.80. The first kappa shape index (κ1) is 22.4. The molecule has 0 atom stereocenters. The molecule has 8 heteroatoms. The molecule has 5 rings (SSSR count). The highest BCUT2D eigenvalue weighted by Crippen LogP contribution is 2.31. The summed E-state index contributed by atoms with van der Waals surface area (Å²) in [7, 11) is 1.62. The predicted octanol–water partition coefficient (Wildman–Crippen LogP) is 5.56. The molecule has 7 nitrogen and oxygen atoms in total. The summed E-state index contributed by atoms with van der Waals surface area (Å²) in [6.07, 6.45) is 1.42. The van der Waals surface area contributed by atoms with Gasteiger partial charge in [-0.1, -0.05) is 30.3 Å². The van der Waals surface area contributed by atoms with Crippen LogP contribution < -0.4 is 20.3 Å². The molecule has 0 bridgehead atoms. The van der Waals surface area contributed by atoms with Crippen molar-refractivity contribution in [1.29, 1.82) is 0 Å². The Bertz CT molecular complexity index is 1530. The van der Waals surface area contributed by atoms with Crippen molar-refractivity contribution < 1.29 is 14.3 Å². The van der Waals surface area contributed by atoms with Crippen molar-refractivity contribution in [3.8, 4) is 28.4 Å². The zero-order chi connectivity index (χ0) is 24.2. The van der Waals surface area contributed by atoms with E-state index in [0.29, 0.717) is 21.7 Å². The number of aromatic nitrogens is 2. The van der Waals surface area contributed by atoms with Crippen molar-refractivity contribution >= 4 is 33.1 Å². The van der Waals surface area contributed by atoms with E-state index in [2.05, 4.69) is 10.3 Å². The van der Waals surface area contributed by atoms with E-state index in [1.54, 1.807) is 31.4 Å². The molecule has 174 valence electrons. The SMILES string of the molecule is COc1ccc(-c2csc3c(=O)n(CC(=O)Nc4ccc(Oc5ccccc5)cc4)cnc23)cc1. The summed E-state index contributed by atoms with van der Waals surface area (Å²) in [6.45, 7) is -0.139. The molecule has 0 saturated carbocycles. The minimum absolute atomic E-state index is 0.139. The fourth-order valence-electron chi connectivity index (χ4n) is 3.62. The van der Waals surface area contributed by atoms with Gasteiger partial charge in [-0.05, 0) is 54.1 Å². The maximum absolute atomic E-state index is 13.0. The average molecular weight is 484 g/mol. The number of methoxy groups -OCH3 is 1. The number of ether oxygens (including phenoxy) is 2. The number of carbonyl (C=O) groups is 1. The number of para-hydroxylation sites is 1. The van der Waals surface area contributed by atoms with Gasteiger partial charge in [-0.15, -0.1) is 11.3 Å². The summed E-state index contributed by atoms with van der Waals surface area (Å²) in [5, 5.41) is 4.72. The molecule has 0 unspecified atom stereocenters. The van der Waals surface area contributed by atoms with Crippen LogP contribution in [-0.2, 0) is 11.3 Å². The molecule has 1 amide bonds. The molecule has 2 aromatic heterocycles. The molecule has 0 aliphatic heterocycles. The number of fused-ring (bicyclic) bond motifs is 1. The number of anilines is 1. The minimum Gasteiger partial charge on any atom is -0.497 e. The Morgan fingerprint density at radius 2 is 1.63 bits per heavy atom. The number of amides is 1. The molecule has 0 spiro atoms. The van der Waals surface area contributed by atoms with Gasteiger partial charge in [-0.25, -0.2) is 4.98 Å². The topological polar surface area (TPSA) is 82.5 Å². The van der Waals surface area contributed by atoms with Crippen LogP contribution in [0.1, 0.15) is 0 Å². The molecular formula is C27H21N3O4S. The lowest BCUT2D eigenvalue weighted by Crippen LogP contribution is -2.27. The van der Waals surface area contributed by atoms with Crippen molar-refractivity contribution in [2.75, 3.05) is 12.4 Å². The molecule has 0 radical (unpaired) electrons. The zero-order valence-corrected chi connectivity index (χ0v) is 19.6. The molecule has 0 saturated heterocycles. The highest BCUT2D eigenvalue weighted by atomic mass is 32.1. The van der Waals surface area contributed by atoms with Crippen LogP contribution in [-0.4, -0.2) is 22.6 Å². The van der Waals surface area contributed by atoms with Gasteiger partial charge in [0.2, 0.25) is 5.91 Å². The van der Waals surface area contributed by atoms with Crippen molar-refractivity contribution in [2.24, 2.45) is 0 Å². The first-order chi connectivity index (χ1) is 17.1. The van der Waals surface area contributed by atoms with E-state index in [4.69, 9.17) is 9.47 Å². The Balaban J connectivity index is 1.28. The van der Waals surface area contributed by atoms with E-state index in [9.17, 15) is 9.59 Å². The molecule has 0 fully saturated rings. The predicted molar refractivity (Wildman–Crippen MR) is 137 cm³/mol. The highest BCUT2D eigenvalue weighted by Gasteiger charge is 2.14. The summed E-state index contributed by atoms with van der Waals surface area (Å²) < 4.78 is 12.8. The average Bonchev–Trinajstić information content (AvgIpc) is 3.32. The van der Waals surface area contributed by atoms with Crippen LogP contribution in [0.25, 0.3) is 21.3 Å². The molecule has 35 heavy (non-hydrogen) atoms. The van der Waals surface area contributed by atoms with E-state index in [1.807, 2.05) is 60.0 Å². The Labute approximate surface area is 205 Å². The molecule has 5 aromatic rings. The van der Waals surface area contributed by atoms with Gasteiger partial charge in [-0.2, -0.15) is 0 Å². The van der Waals surface area contributed by atoms with Gasteiger partial charge in [0.1, 0.15) is 28.5 Å². The Kier molecular flexibility index (Phi) is 6.28. The fraction of sp³-hybridized carbons (Fsp3) is 0.0741. The minimum atomic E-state index is -0.322. The second-order valence-electron chi connectivity index (χ2n) is 7.72. The third-order valence-electron chi connectivity index (χ3n) is 5.38. The van der Waals surface area contributed by atoms with Gasteiger partial charge in [0.05, 0.1) is 19.0 Å². The second-order valence-corrected chi connectivity index (χ2v) is 8.60. The zero-order valence-electron chi connectivity index (χ0n) is 18.8. The lowest BCUT2D eigenvalue weighted by molar-refractivity contribution is -0.116. The standard InChI is InChI=1S/C27H21N3O4S/c1-33-20-11-7-18(8-12-20)23-16-35-26-25(23)28-17-30(27(26)32)15-24(31)29-19-9-13-22(14-10-19)34-21-5-3-2-4-6-21/h2-14,16-17H,15H2,1H3,(H,29,31). The Morgan fingerprint density at radius 1 is 0.943 bits per heavy atom. The number of rotatable bonds is 7. The Morgan fingerprint density at radius 3 is 2.34 bits per heavy atom. The van der Waals surface area contributed by atoms with Gasteiger partial charge >= 0.3 is 0 Å². The van der Waals surface area contributed by atoms with Crippen molar-refractivity contribution in [3.05, 3.63) is 101 Å². The van der Waals surface area contributed by atoms with Gasteiger partial charge in [0.25, 0.3) is 5.56 Å². The van der Waals surface area contributed by atoms with Crippen LogP contribution in [0.5, 0.6) is 17.2 Å². The number of hydrogen-bond acceptors (Lipinski definition) is 6. The summed E-state index contributed by atoms with van der Waals surface area (Å²) >= 11 is 1.32. The van der Waals surface area contributed by atoms with Gasteiger partial charge < -0.3 is 14.8 Å². The maximum atomic E-state index is 13.0. The lowest BCUT2D eigenvalue weighted by atomic mass is 10.1. The summed E-state index contributed by atoms with van der Waals surface area (Å²) in [4.78, 5) is 30.1. The second kappa shape index (κ2) is 9.82. The van der Waals surface area contributed by atoms with Crippen LogP contribution >= 0.6 is 11.3 Å². The van der Waals surface area contributed by atoms with Crippen molar-refractivity contribution in [1.82, 2.24) is 9.55 Å². The molecule has 3 aromatic carbocycles. The van der Waals surface area contributed by atoms with Crippen molar-refractivity contribution in [3.63, 3.8) is 0 Å². The number of hydrogen-bond donors (Lipinski definition) is 1. The number of nitrogens with zero attached hydrogens (tertiary/aromatic N) is 2. The smallest absolute Gasteiger partial charge is 0.271 e. The Hall–Kier alpha value is -4.43. The van der Waals surface area contributed by atoms with E-state index in [-0.39, 0.29) is 18.0 Å². The normalized spacial score (nSPS) is 10.8. The summed E-state index contributed by atoms with van der Waals surface area (Å²) in [5.74, 6) is 1.82. The van der Waals surface area contributed by atoms with E-state index >= 15 is 0 Å². The number of benzene rings is 3. The van der Waals surface area contributed by atoms with Crippen LogP contribution in [0.3, 0.4) is 0 Å². The van der Waals surface area contributed by atoms with Crippen LogP contribution in [0.2, 0.25) is 0 Å². The first-order valence-corrected chi connectivity index (χ1v) is 11.7. The van der Waals surface area contributed by atoms with Crippen molar-refractivity contribution in [2.45, 2.75) is 6.54 Å². The highest BCUT2D eigenvalue weighted by molar-refractivity contribution is 7.17.